The monoisotopic (exact) mass is 302 g/mol. The van der Waals surface area contributed by atoms with Crippen molar-refractivity contribution < 1.29 is 4.74 Å². The Balaban J connectivity index is 1.88. The van der Waals surface area contributed by atoms with Crippen LogP contribution >= 0.6 is 11.6 Å². The number of ether oxygens (including phenoxy) is 1. The van der Waals surface area contributed by atoms with Gasteiger partial charge in [0.05, 0.1) is 7.11 Å². The van der Waals surface area contributed by atoms with Gasteiger partial charge in [-0.2, -0.15) is 4.98 Å². The highest BCUT2D eigenvalue weighted by molar-refractivity contribution is 6.30. The van der Waals surface area contributed by atoms with Crippen molar-refractivity contribution in [3.05, 3.63) is 47.0 Å². The summed E-state index contributed by atoms with van der Waals surface area (Å²) in [5, 5.41) is 0.734. The number of nitrogens with two attached hydrogens (primary N) is 1. The second kappa shape index (κ2) is 5.61. The van der Waals surface area contributed by atoms with Crippen LogP contribution in [0.3, 0.4) is 0 Å². The Kier molecular flexibility index (Phi) is 3.66. The van der Waals surface area contributed by atoms with E-state index in [1.807, 2.05) is 34.9 Å². The molecule has 21 heavy (non-hydrogen) atoms. The Morgan fingerprint density at radius 1 is 1.14 bits per heavy atom. The number of methoxy groups -OCH3 is 1. The van der Waals surface area contributed by atoms with Gasteiger partial charge in [0, 0.05) is 17.6 Å². The number of aromatic nitrogens is 3. The number of nitrogens with zero attached hydrogens (tertiary/aromatic N) is 3. The van der Waals surface area contributed by atoms with Crippen LogP contribution in [0.4, 0.5) is 5.95 Å². The molecule has 0 amide bonds. The SMILES string of the molecule is COc1ccc2nc(N)n(CCc3ccc(Cl)cc3)c2n1. The number of rotatable bonds is 4. The van der Waals surface area contributed by atoms with E-state index in [1.54, 1.807) is 13.2 Å². The molecule has 0 aliphatic heterocycles. The third-order valence-electron chi connectivity index (χ3n) is 3.34. The minimum atomic E-state index is 0.458. The largest absolute Gasteiger partial charge is 0.481 e. The molecule has 0 spiro atoms. The minimum absolute atomic E-state index is 0.458. The van der Waals surface area contributed by atoms with E-state index in [0.717, 1.165) is 22.6 Å². The fourth-order valence-corrected chi connectivity index (χ4v) is 2.35. The highest BCUT2D eigenvalue weighted by atomic mass is 35.5. The molecule has 3 aromatic rings. The molecule has 108 valence electrons. The lowest BCUT2D eigenvalue weighted by Gasteiger charge is -2.07. The van der Waals surface area contributed by atoms with Crippen molar-refractivity contribution >= 4 is 28.7 Å². The summed E-state index contributed by atoms with van der Waals surface area (Å²) in [5.41, 5.74) is 8.67. The van der Waals surface area contributed by atoms with Crippen LogP contribution in [-0.4, -0.2) is 21.6 Å². The van der Waals surface area contributed by atoms with Crippen LogP contribution in [0.25, 0.3) is 11.2 Å². The number of halogens is 1. The minimum Gasteiger partial charge on any atom is -0.481 e. The van der Waals surface area contributed by atoms with Gasteiger partial charge in [-0.05, 0) is 30.2 Å². The molecule has 2 aromatic heterocycles. The average molecular weight is 303 g/mol. The van der Waals surface area contributed by atoms with Crippen LogP contribution in [0.15, 0.2) is 36.4 Å². The molecule has 0 unspecified atom stereocenters. The first-order valence-electron chi connectivity index (χ1n) is 6.58. The molecule has 0 radical (unpaired) electrons. The topological polar surface area (TPSA) is 66.0 Å². The predicted molar refractivity (Wildman–Crippen MR) is 83.6 cm³/mol. The van der Waals surface area contributed by atoms with Gasteiger partial charge >= 0.3 is 0 Å². The molecule has 2 N–H and O–H groups in total. The molecule has 0 saturated carbocycles. The Bertz CT molecular complexity index is 767. The number of fused-ring (bicyclic) bond motifs is 1. The van der Waals surface area contributed by atoms with Gasteiger partial charge in [-0.3, -0.25) is 4.57 Å². The summed E-state index contributed by atoms with van der Waals surface area (Å²) in [7, 11) is 1.59. The number of pyridine rings is 1. The zero-order valence-electron chi connectivity index (χ0n) is 11.6. The molecule has 2 heterocycles. The second-order valence-electron chi connectivity index (χ2n) is 4.69. The first-order valence-corrected chi connectivity index (χ1v) is 6.96. The fourth-order valence-electron chi connectivity index (χ4n) is 2.23. The lowest BCUT2D eigenvalue weighted by atomic mass is 10.1. The highest BCUT2D eigenvalue weighted by Crippen LogP contribution is 2.20. The molecule has 0 atom stereocenters. The smallest absolute Gasteiger partial charge is 0.215 e. The first-order chi connectivity index (χ1) is 10.2. The van der Waals surface area contributed by atoms with Crippen molar-refractivity contribution in [3.63, 3.8) is 0 Å². The van der Waals surface area contributed by atoms with Crippen molar-refractivity contribution in [2.45, 2.75) is 13.0 Å². The lowest BCUT2D eigenvalue weighted by Crippen LogP contribution is -2.06. The van der Waals surface area contributed by atoms with Crippen LogP contribution in [0.1, 0.15) is 5.56 Å². The molecule has 0 bridgehead atoms. The molecule has 5 nitrogen and oxygen atoms in total. The van der Waals surface area contributed by atoms with E-state index in [4.69, 9.17) is 22.1 Å². The molecule has 1 aromatic carbocycles. The van der Waals surface area contributed by atoms with Crippen LogP contribution in [0, 0.1) is 0 Å². The molecule has 6 heteroatoms. The molecule has 3 rings (SSSR count). The number of benzene rings is 1. The average Bonchev–Trinajstić information content (AvgIpc) is 2.81. The van der Waals surface area contributed by atoms with E-state index in [-0.39, 0.29) is 0 Å². The van der Waals surface area contributed by atoms with Crippen LogP contribution in [0.2, 0.25) is 5.02 Å². The zero-order valence-corrected chi connectivity index (χ0v) is 12.3. The summed E-state index contributed by atoms with van der Waals surface area (Å²) in [6, 6.07) is 11.4. The number of nitrogen functional groups attached to an aromatic ring is 1. The van der Waals surface area contributed by atoms with E-state index in [9.17, 15) is 0 Å². The van der Waals surface area contributed by atoms with E-state index in [0.29, 0.717) is 18.4 Å². The summed E-state index contributed by atoms with van der Waals surface area (Å²) in [4.78, 5) is 8.73. The van der Waals surface area contributed by atoms with Crippen molar-refractivity contribution in [2.75, 3.05) is 12.8 Å². The molecule has 0 aliphatic carbocycles. The second-order valence-corrected chi connectivity index (χ2v) is 5.13. The quantitative estimate of drug-likeness (QED) is 0.804. The van der Waals surface area contributed by atoms with E-state index < -0.39 is 0 Å². The van der Waals surface area contributed by atoms with Crippen LogP contribution in [0.5, 0.6) is 5.88 Å². The fraction of sp³-hybridized carbons (Fsp3) is 0.200. The highest BCUT2D eigenvalue weighted by Gasteiger charge is 2.10. The van der Waals surface area contributed by atoms with Crippen LogP contribution < -0.4 is 10.5 Å². The Morgan fingerprint density at radius 2 is 1.90 bits per heavy atom. The Hall–Kier alpha value is -2.27. The molecule has 0 fully saturated rings. The van der Waals surface area contributed by atoms with Crippen molar-refractivity contribution in [3.8, 4) is 5.88 Å². The molecule has 0 saturated heterocycles. The van der Waals surface area contributed by atoms with Gasteiger partial charge in [-0.1, -0.05) is 23.7 Å². The Morgan fingerprint density at radius 3 is 2.62 bits per heavy atom. The third kappa shape index (κ3) is 2.78. The van der Waals surface area contributed by atoms with E-state index in [1.165, 1.54) is 5.56 Å². The lowest BCUT2D eigenvalue weighted by molar-refractivity contribution is 0.399. The van der Waals surface area contributed by atoms with Gasteiger partial charge in [-0.25, -0.2) is 4.98 Å². The maximum atomic E-state index is 5.98. The van der Waals surface area contributed by atoms with E-state index in [2.05, 4.69) is 9.97 Å². The van der Waals surface area contributed by atoms with Gasteiger partial charge in [0.15, 0.2) is 5.65 Å². The van der Waals surface area contributed by atoms with Crippen molar-refractivity contribution in [1.82, 2.24) is 14.5 Å². The summed E-state index contributed by atoms with van der Waals surface area (Å²) in [5.74, 6) is 1.01. The van der Waals surface area contributed by atoms with Crippen LogP contribution in [-0.2, 0) is 13.0 Å². The maximum Gasteiger partial charge on any atom is 0.215 e. The van der Waals surface area contributed by atoms with Crippen molar-refractivity contribution in [1.29, 1.82) is 0 Å². The molecular formula is C15H15ClN4O. The number of anilines is 1. The standard InChI is InChI=1S/C15H15ClN4O/c1-21-13-7-6-12-14(19-13)20(15(17)18-12)9-8-10-2-4-11(16)5-3-10/h2-7H,8-9H2,1H3,(H2,17,18). The van der Waals surface area contributed by atoms with Gasteiger partial charge in [0.2, 0.25) is 11.8 Å². The molecule has 0 aliphatic rings. The van der Waals surface area contributed by atoms with Gasteiger partial charge in [0.1, 0.15) is 5.52 Å². The summed E-state index contributed by atoms with van der Waals surface area (Å²) in [6.07, 6.45) is 0.825. The van der Waals surface area contributed by atoms with Gasteiger partial charge < -0.3 is 10.5 Å². The van der Waals surface area contributed by atoms with Crippen molar-refractivity contribution in [2.24, 2.45) is 0 Å². The molecular weight excluding hydrogens is 288 g/mol. The zero-order chi connectivity index (χ0) is 14.8. The summed E-state index contributed by atoms with van der Waals surface area (Å²) >= 11 is 5.89. The predicted octanol–water partition coefficient (Wildman–Crippen LogP) is 2.92. The van der Waals surface area contributed by atoms with E-state index >= 15 is 0 Å². The van der Waals surface area contributed by atoms with Gasteiger partial charge in [-0.15, -0.1) is 0 Å². The third-order valence-corrected chi connectivity index (χ3v) is 3.59. The normalized spacial score (nSPS) is 11.0. The number of hydrogen-bond donors (Lipinski definition) is 1. The first kappa shape index (κ1) is 13.7. The van der Waals surface area contributed by atoms with Gasteiger partial charge in [0.25, 0.3) is 0 Å². The number of aryl methyl sites for hydroxylation is 2. The number of hydrogen-bond acceptors (Lipinski definition) is 4. The summed E-state index contributed by atoms with van der Waals surface area (Å²) in [6.45, 7) is 0.699. The summed E-state index contributed by atoms with van der Waals surface area (Å²) < 4.78 is 7.05. The number of imidazole rings is 1. The maximum absolute atomic E-state index is 5.98. The Labute approximate surface area is 127 Å².